The number of nitriles is 2. The lowest BCUT2D eigenvalue weighted by atomic mass is 10.2. The van der Waals surface area contributed by atoms with Crippen molar-refractivity contribution in [2.75, 3.05) is 13.1 Å². The Bertz CT molecular complexity index is 512. The normalized spacial score (nSPS) is 9.74. The van der Waals surface area contributed by atoms with Gasteiger partial charge < -0.3 is 4.90 Å². The van der Waals surface area contributed by atoms with E-state index in [0.717, 1.165) is 4.90 Å². The second-order valence-corrected chi connectivity index (χ2v) is 5.76. The Labute approximate surface area is 117 Å². The van der Waals surface area contributed by atoms with Crippen LogP contribution in [-0.2, 0) is 0 Å². The third-order valence-corrected chi connectivity index (χ3v) is 3.37. The van der Waals surface area contributed by atoms with Crippen LogP contribution >= 0.6 is 11.8 Å². The Hall–Kier alpha value is -1.98. The van der Waals surface area contributed by atoms with E-state index in [2.05, 4.69) is 0 Å². The standard InChI is InChI=1S/C14H15N3OS/c1-11(2)19-13-6-4-3-5-12(13)14(18)17(9-7-15)10-8-16/h3-6,11H,9-10H2,1-2H3. The van der Waals surface area contributed by atoms with Crippen molar-refractivity contribution in [3.63, 3.8) is 0 Å². The maximum absolute atomic E-state index is 12.3. The van der Waals surface area contributed by atoms with Crippen molar-refractivity contribution < 1.29 is 4.79 Å². The maximum Gasteiger partial charge on any atom is 0.256 e. The number of hydrogen-bond acceptors (Lipinski definition) is 4. The fraction of sp³-hybridized carbons (Fsp3) is 0.357. The number of carbonyl (C=O) groups is 1. The molecule has 0 aliphatic carbocycles. The Kier molecular flexibility index (Phi) is 5.92. The Balaban J connectivity index is 3.04. The van der Waals surface area contributed by atoms with Gasteiger partial charge in [-0.15, -0.1) is 11.8 Å². The molecule has 0 aliphatic rings. The smallest absolute Gasteiger partial charge is 0.256 e. The number of amides is 1. The summed E-state index contributed by atoms with van der Waals surface area (Å²) < 4.78 is 0. The van der Waals surface area contributed by atoms with Crippen LogP contribution in [-0.4, -0.2) is 29.1 Å². The number of thioether (sulfide) groups is 1. The molecule has 0 N–H and O–H groups in total. The Morgan fingerprint density at radius 1 is 1.26 bits per heavy atom. The van der Waals surface area contributed by atoms with Crippen LogP contribution in [0.2, 0.25) is 0 Å². The van der Waals surface area contributed by atoms with Gasteiger partial charge in [0.25, 0.3) is 5.91 Å². The van der Waals surface area contributed by atoms with E-state index in [1.165, 1.54) is 4.90 Å². The molecule has 5 heteroatoms. The Morgan fingerprint density at radius 2 is 1.84 bits per heavy atom. The second-order valence-electron chi connectivity index (χ2n) is 4.14. The van der Waals surface area contributed by atoms with Gasteiger partial charge in [-0.05, 0) is 12.1 Å². The lowest BCUT2D eigenvalue weighted by molar-refractivity contribution is 0.0791. The second kappa shape index (κ2) is 7.45. The highest BCUT2D eigenvalue weighted by Gasteiger charge is 2.18. The molecule has 0 spiro atoms. The molecule has 0 saturated heterocycles. The molecule has 0 heterocycles. The van der Waals surface area contributed by atoms with E-state index in [1.807, 2.05) is 38.1 Å². The average Bonchev–Trinajstić information content (AvgIpc) is 2.38. The van der Waals surface area contributed by atoms with Crippen LogP contribution in [0.4, 0.5) is 0 Å². The minimum atomic E-state index is -0.271. The van der Waals surface area contributed by atoms with Gasteiger partial charge in [-0.3, -0.25) is 4.79 Å². The van der Waals surface area contributed by atoms with Crippen LogP contribution in [0.25, 0.3) is 0 Å². The van der Waals surface area contributed by atoms with Gasteiger partial charge in [-0.25, -0.2) is 0 Å². The molecule has 0 saturated carbocycles. The number of rotatable bonds is 5. The quantitative estimate of drug-likeness (QED) is 0.611. The van der Waals surface area contributed by atoms with E-state index in [9.17, 15) is 4.79 Å². The molecule has 1 amide bonds. The molecule has 19 heavy (non-hydrogen) atoms. The van der Waals surface area contributed by atoms with Crippen molar-refractivity contribution in [3.05, 3.63) is 29.8 Å². The summed E-state index contributed by atoms with van der Waals surface area (Å²) in [5.74, 6) is -0.271. The van der Waals surface area contributed by atoms with E-state index in [-0.39, 0.29) is 19.0 Å². The zero-order chi connectivity index (χ0) is 14.3. The first-order valence-electron chi connectivity index (χ1n) is 5.89. The van der Waals surface area contributed by atoms with Gasteiger partial charge in [-0.2, -0.15) is 10.5 Å². The van der Waals surface area contributed by atoms with E-state index in [1.54, 1.807) is 23.9 Å². The number of benzene rings is 1. The summed E-state index contributed by atoms with van der Waals surface area (Å²) in [6.45, 7) is 3.95. The summed E-state index contributed by atoms with van der Waals surface area (Å²) in [5.41, 5.74) is 0.548. The van der Waals surface area contributed by atoms with Crippen molar-refractivity contribution in [1.82, 2.24) is 4.90 Å². The SMILES string of the molecule is CC(C)Sc1ccccc1C(=O)N(CC#N)CC#N. The molecule has 0 radical (unpaired) electrons. The van der Waals surface area contributed by atoms with Crippen molar-refractivity contribution in [2.24, 2.45) is 0 Å². The van der Waals surface area contributed by atoms with Crippen LogP contribution in [0.15, 0.2) is 29.2 Å². The zero-order valence-corrected chi connectivity index (χ0v) is 11.8. The van der Waals surface area contributed by atoms with Gasteiger partial charge >= 0.3 is 0 Å². The molecule has 0 fully saturated rings. The molecular formula is C14H15N3OS. The summed E-state index contributed by atoms with van der Waals surface area (Å²) >= 11 is 1.59. The van der Waals surface area contributed by atoms with Gasteiger partial charge in [0.2, 0.25) is 0 Å². The fourth-order valence-electron chi connectivity index (χ4n) is 1.54. The highest BCUT2D eigenvalue weighted by Crippen LogP contribution is 2.27. The third kappa shape index (κ3) is 4.31. The molecule has 4 nitrogen and oxygen atoms in total. The summed E-state index contributed by atoms with van der Waals surface area (Å²) in [6, 6.07) is 11.1. The predicted molar refractivity (Wildman–Crippen MR) is 74.6 cm³/mol. The first-order chi connectivity index (χ1) is 9.10. The first kappa shape index (κ1) is 15.1. The van der Waals surface area contributed by atoms with E-state index in [0.29, 0.717) is 10.8 Å². The molecule has 0 atom stereocenters. The van der Waals surface area contributed by atoms with Gasteiger partial charge in [0.1, 0.15) is 13.1 Å². The summed E-state index contributed by atoms with van der Waals surface area (Å²) in [4.78, 5) is 14.5. The fourth-order valence-corrected chi connectivity index (χ4v) is 2.49. The number of carbonyl (C=O) groups excluding carboxylic acids is 1. The van der Waals surface area contributed by atoms with Crippen molar-refractivity contribution >= 4 is 17.7 Å². The van der Waals surface area contributed by atoms with Crippen LogP contribution in [0.3, 0.4) is 0 Å². The first-order valence-corrected chi connectivity index (χ1v) is 6.77. The molecule has 1 rings (SSSR count). The van der Waals surface area contributed by atoms with E-state index >= 15 is 0 Å². The molecule has 1 aromatic rings. The lowest BCUT2D eigenvalue weighted by Crippen LogP contribution is -2.32. The molecule has 0 bridgehead atoms. The monoisotopic (exact) mass is 273 g/mol. The summed E-state index contributed by atoms with van der Waals surface area (Å²) in [6.07, 6.45) is 0. The topological polar surface area (TPSA) is 67.9 Å². The minimum absolute atomic E-state index is 0.0763. The van der Waals surface area contributed by atoms with Gasteiger partial charge in [0, 0.05) is 10.1 Å². The van der Waals surface area contributed by atoms with Crippen molar-refractivity contribution in [3.8, 4) is 12.1 Å². The van der Waals surface area contributed by atoms with Gasteiger partial charge in [0.05, 0.1) is 17.7 Å². The average molecular weight is 273 g/mol. The molecule has 98 valence electrons. The molecule has 0 aromatic heterocycles. The number of nitrogens with zero attached hydrogens (tertiary/aromatic N) is 3. The van der Waals surface area contributed by atoms with Crippen LogP contribution in [0.5, 0.6) is 0 Å². The molecule has 0 aliphatic heterocycles. The van der Waals surface area contributed by atoms with Crippen LogP contribution in [0.1, 0.15) is 24.2 Å². The zero-order valence-electron chi connectivity index (χ0n) is 11.0. The van der Waals surface area contributed by atoms with Crippen molar-refractivity contribution in [2.45, 2.75) is 24.0 Å². The minimum Gasteiger partial charge on any atom is -0.312 e. The van der Waals surface area contributed by atoms with Gasteiger partial charge in [-0.1, -0.05) is 26.0 Å². The largest absolute Gasteiger partial charge is 0.312 e. The predicted octanol–water partition coefficient (Wildman–Crippen LogP) is 2.68. The van der Waals surface area contributed by atoms with Crippen LogP contribution < -0.4 is 0 Å². The van der Waals surface area contributed by atoms with E-state index in [4.69, 9.17) is 10.5 Å². The summed E-state index contributed by atoms with van der Waals surface area (Å²) in [5, 5.41) is 17.8. The number of hydrogen-bond donors (Lipinski definition) is 0. The third-order valence-electron chi connectivity index (χ3n) is 2.29. The van der Waals surface area contributed by atoms with E-state index < -0.39 is 0 Å². The molecular weight excluding hydrogens is 258 g/mol. The lowest BCUT2D eigenvalue weighted by Gasteiger charge is -2.18. The highest BCUT2D eigenvalue weighted by molar-refractivity contribution is 8.00. The highest BCUT2D eigenvalue weighted by atomic mass is 32.2. The summed E-state index contributed by atoms with van der Waals surface area (Å²) in [7, 11) is 0. The Morgan fingerprint density at radius 3 is 2.37 bits per heavy atom. The van der Waals surface area contributed by atoms with Gasteiger partial charge in [0.15, 0.2) is 0 Å². The molecule has 1 aromatic carbocycles. The van der Waals surface area contributed by atoms with Crippen molar-refractivity contribution in [1.29, 1.82) is 10.5 Å². The maximum atomic E-state index is 12.3. The van der Waals surface area contributed by atoms with Crippen LogP contribution in [0, 0.1) is 22.7 Å². The molecule has 0 unspecified atom stereocenters.